The van der Waals surface area contributed by atoms with Crippen molar-refractivity contribution in [3.63, 3.8) is 0 Å². The average Bonchev–Trinajstić information content (AvgIpc) is 2.83. The van der Waals surface area contributed by atoms with E-state index in [2.05, 4.69) is 91.7 Å². The van der Waals surface area contributed by atoms with Gasteiger partial charge in [-0.3, -0.25) is 0 Å². The predicted octanol–water partition coefficient (Wildman–Crippen LogP) is 6.32. The fraction of sp³-hybridized carbons (Fsp3) is 0.0385. The van der Waals surface area contributed by atoms with Crippen LogP contribution in [0.3, 0.4) is 0 Å². The minimum Gasteiger partial charge on any atom is -0.121 e. The number of fused-ring (bicyclic) bond motifs is 1. The molecule has 1 unspecified atom stereocenters. The van der Waals surface area contributed by atoms with Crippen LogP contribution in [0.2, 0.25) is 0 Å². The molecule has 26 heavy (non-hydrogen) atoms. The fourth-order valence-electron chi connectivity index (χ4n) is 4.20. The Hall–Kier alpha value is -3.34. The molecule has 0 amide bonds. The Labute approximate surface area is 155 Å². The van der Waals surface area contributed by atoms with E-state index in [4.69, 9.17) is 0 Å². The van der Waals surface area contributed by atoms with E-state index in [1.54, 1.807) is 0 Å². The molecule has 2 aliphatic carbocycles. The van der Waals surface area contributed by atoms with Crippen molar-refractivity contribution in [3.05, 3.63) is 144 Å². The van der Waals surface area contributed by atoms with Crippen LogP contribution in [0, 0.1) is 0 Å². The summed E-state index contributed by atoms with van der Waals surface area (Å²) >= 11 is 0. The van der Waals surface area contributed by atoms with Gasteiger partial charge in [-0.15, -0.1) is 5.73 Å². The quantitative estimate of drug-likeness (QED) is 0.575. The van der Waals surface area contributed by atoms with E-state index in [1.807, 2.05) is 24.3 Å². The first-order valence-electron chi connectivity index (χ1n) is 8.79. The molecule has 124 valence electrons. The summed E-state index contributed by atoms with van der Waals surface area (Å²) < 4.78 is 0. The molecule has 0 nitrogen and oxygen atoms in total. The highest BCUT2D eigenvalue weighted by atomic mass is 14.5. The van der Waals surface area contributed by atoms with Crippen molar-refractivity contribution in [3.8, 4) is 0 Å². The monoisotopic (exact) mass is 332 g/mol. The Morgan fingerprint density at radius 1 is 0.846 bits per heavy atom. The second-order valence-corrected chi connectivity index (χ2v) is 6.38. The van der Waals surface area contributed by atoms with Gasteiger partial charge in [0.1, 0.15) is 0 Å². The molecule has 0 aromatic heterocycles. The maximum atomic E-state index is 4.17. The summed E-state index contributed by atoms with van der Waals surface area (Å²) in [4.78, 5) is 0. The molecule has 0 heteroatoms. The van der Waals surface area contributed by atoms with Gasteiger partial charge in [-0.25, -0.2) is 0 Å². The molecule has 2 aromatic rings. The van der Waals surface area contributed by atoms with Crippen molar-refractivity contribution >= 4 is 5.57 Å². The Morgan fingerprint density at radius 2 is 1.62 bits per heavy atom. The van der Waals surface area contributed by atoms with Crippen LogP contribution in [0.4, 0.5) is 0 Å². The predicted molar refractivity (Wildman–Crippen MR) is 111 cm³/mol. The molecule has 2 aromatic carbocycles. The third kappa shape index (κ3) is 2.17. The molecule has 1 atom stereocenters. The van der Waals surface area contributed by atoms with Gasteiger partial charge in [0.2, 0.25) is 0 Å². The molecule has 0 fully saturated rings. The van der Waals surface area contributed by atoms with Crippen molar-refractivity contribution < 1.29 is 0 Å². The van der Waals surface area contributed by atoms with Gasteiger partial charge in [-0.05, 0) is 51.6 Å². The largest absolute Gasteiger partial charge is 0.121 e. The smallest absolute Gasteiger partial charge is 0.0713 e. The molecule has 2 aliphatic rings. The van der Waals surface area contributed by atoms with Gasteiger partial charge in [0.15, 0.2) is 0 Å². The average molecular weight is 332 g/mol. The van der Waals surface area contributed by atoms with Gasteiger partial charge in [-0.2, -0.15) is 0 Å². The second-order valence-electron chi connectivity index (χ2n) is 6.38. The Kier molecular flexibility index (Phi) is 4.05. The first-order valence-corrected chi connectivity index (χ1v) is 8.79. The van der Waals surface area contributed by atoms with E-state index in [-0.39, 0.29) is 0 Å². The second kappa shape index (κ2) is 6.52. The van der Waals surface area contributed by atoms with E-state index >= 15 is 0 Å². The Morgan fingerprint density at radius 3 is 2.38 bits per heavy atom. The van der Waals surface area contributed by atoms with E-state index in [1.165, 1.54) is 27.8 Å². The summed E-state index contributed by atoms with van der Waals surface area (Å²) in [6.07, 6.45) is 14.2. The van der Waals surface area contributed by atoms with Crippen molar-refractivity contribution in [2.75, 3.05) is 0 Å². The van der Waals surface area contributed by atoms with Gasteiger partial charge < -0.3 is 0 Å². The highest BCUT2D eigenvalue weighted by molar-refractivity contribution is 5.91. The van der Waals surface area contributed by atoms with Gasteiger partial charge in [0.25, 0.3) is 0 Å². The summed E-state index contributed by atoms with van der Waals surface area (Å²) in [6.45, 7) is 8.27. The SMILES string of the molecule is C=CC1=C(C=C)C(C2=CC=C=CC=C2)(c2ccccc2)c2ccccc21. The lowest BCUT2D eigenvalue weighted by atomic mass is 9.66. The van der Waals surface area contributed by atoms with Crippen LogP contribution in [0.25, 0.3) is 5.57 Å². The number of benzene rings is 2. The molecule has 0 aliphatic heterocycles. The molecule has 0 heterocycles. The lowest BCUT2D eigenvalue weighted by Gasteiger charge is -2.35. The normalized spacial score (nSPS) is 20.5. The van der Waals surface area contributed by atoms with Crippen molar-refractivity contribution in [2.24, 2.45) is 0 Å². The third-order valence-electron chi connectivity index (χ3n) is 5.19. The summed E-state index contributed by atoms with van der Waals surface area (Å²) in [7, 11) is 0. The minimum absolute atomic E-state index is 0.407. The molecule has 0 bridgehead atoms. The first-order chi connectivity index (χ1) is 12.8. The lowest BCUT2D eigenvalue weighted by Crippen LogP contribution is -2.29. The first kappa shape index (κ1) is 16.1. The topological polar surface area (TPSA) is 0 Å². The highest BCUT2D eigenvalue weighted by Gasteiger charge is 2.46. The minimum atomic E-state index is -0.407. The van der Waals surface area contributed by atoms with E-state index in [9.17, 15) is 0 Å². The van der Waals surface area contributed by atoms with Crippen LogP contribution >= 0.6 is 0 Å². The van der Waals surface area contributed by atoms with E-state index < -0.39 is 5.41 Å². The number of hydrogen-bond acceptors (Lipinski definition) is 0. The summed E-state index contributed by atoms with van der Waals surface area (Å²) in [5.41, 5.74) is 10.0. The molecular weight excluding hydrogens is 312 g/mol. The zero-order valence-electron chi connectivity index (χ0n) is 14.7. The maximum absolute atomic E-state index is 4.17. The van der Waals surface area contributed by atoms with Gasteiger partial charge in [-0.1, -0.05) is 92.1 Å². The van der Waals surface area contributed by atoms with Crippen LogP contribution < -0.4 is 0 Å². The maximum Gasteiger partial charge on any atom is 0.0713 e. The lowest BCUT2D eigenvalue weighted by molar-refractivity contribution is 0.760. The highest BCUT2D eigenvalue weighted by Crippen LogP contribution is 2.55. The summed E-state index contributed by atoms with van der Waals surface area (Å²) in [5.74, 6) is 0. The van der Waals surface area contributed by atoms with Gasteiger partial charge >= 0.3 is 0 Å². The standard InChI is InChI=1S/C26H20/c1-3-22-23-18-12-13-19-25(23)26(24(22)4-2,21-16-10-7-11-17-21)20-14-8-5-6-9-15-20/h3-5,7-19H,1-2H2. The number of hydrogen-bond donors (Lipinski definition) is 0. The molecule has 0 spiro atoms. The van der Waals surface area contributed by atoms with Crippen LogP contribution in [-0.2, 0) is 5.41 Å². The van der Waals surface area contributed by atoms with Gasteiger partial charge in [0, 0.05) is 0 Å². The van der Waals surface area contributed by atoms with E-state index in [0.717, 1.165) is 5.57 Å². The molecule has 0 saturated carbocycles. The van der Waals surface area contributed by atoms with Crippen molar-refractivity contribution in [1.29, 1.82) is 0 Å². The summed E-state index contributed by atoms with van der Waals surface area (Å²) in [5, 5.41) is 0. The number of rotatable bonds is 4. The third-order valence-corrected chi connectivity index (χ3v) is 5.19. The molecule has 0 radical (unpaired) electrons. The molecule has 0 saturated heterocycles. The zero-order chi connectivity index (χ0) is 18.0. The Balaban J connectivity index is 2.17. The van der Waals surface area contributed by atoms with Gasteiger partial charge in [0.05, 0.1) is 5.41 Å². The van der Waals surface area contributed by atoms with E-state index in [0.29, 0.717) is 0 Å². The van der Waals surface area contributed by atoms with Crippen LogP contribution in [0.5, 0.6) is 0 Å². The zero-order valence-corrected chi connectivity index (χ0v) is 14.7. The van der Waals surface area contributed by atoms with Crippen LogP contribution in [0.1, 0.15) is 16.7 Å². The molecule has 4 rings (SSSR count). The molecule has 0 N–H and O–H groups in total. The fourth-order valence-corrected chi connectivity index (χ4v) is 4.20. The molecular formula is C26H20. The van der Waals surface area contributed by atoms with Crippen molar-refractivity contribution in [2.45, 2.75) is 5.41 Å². The Bertz CT molecular complexity index is 1030. The summed E-state index contributed by atoms with van der Waals surface area (Å²) in [6, 6.07) is 19.2. The number of allylic oxidation sites excluding steroid dienone is 9. The van der Waals surface area contributed by atoms with Crippen molar-refractivity contribution in [1.82, 2.24) is 0 Å². The van der Waals surface area contributed by atoms with Crippen LogP contribution in [-0.4, -0.2) is 0 Å². The van der Waals surface area contributed by atoms with Crippen LogP contribution in [0.15, 0.2) is 127 Å².